The number of piperidine rings is 1. The number of nitrogens with zero attached hydrogens (tertiary/aromatic N) is 1. The summed E-state index contributed by atoms with van der Waals surface area (Å²) in [5.74, 6) is 0.108. The summed E-state index contributed by atoms with van der Waals surface area (Å²) in [6.07, 6.45) is 3.27. The van der Waals surface area contributed by atoms with Gasteiger partial charge in [-0.3, -0.25) is 9.69 Å². The molecular weight excluding hydrogens is 248 g/mol. The Morgan fingerprint density at radius 2 is 2.22 bits per heavy atom. The predicted octanol–water partition coefficient (Wildman–Crippen LogP) is 2.44. The number of amides is 1. The average Bonchev–Trinajstić information content (AvgIpc) is 2.38. The van der Waals surface area contributed by atoms with E-state index in [9.17, 15) is 4.79 Å². The number of rotatable bonds is 3. The van der Waals surface area contributed by atoms with Crippen molar-refractivity contribution < 1.29 is 4.79 Å². The van der Waals surface area contributed by atoms with Gasteiger partial charge in [0.25, 0.3) is 0 Å². The van der Waals surface area contributed by atoms with Gasteiger partial charge in [0.2, 0.25) is 5.91 Å². The number of carbonyl (C=O) groups excluding carboxylic acids is 1. The van der Waals surface area contributed by atoms with E-state index in [0.717, 1.165) is 24.9 Å². The van der Waals surface area contributed by atoms with Crippen LogP contribution in [0.25, 0.3) is 0 Å². The zero-order chi connectivity index (χ0) is 13.0. The van der Waals surface area contributed by atoms with Crippen LogP contribution in [0.15, 0.2) is 24.3 Å². The second-order valence-corrected chi connectivity index (χ2v) is 5.21. The Labute approximate surface area is 113 Å². The average molecular weight is 267 g/mol. The van der Waals surface area contributed by atoms with Crippen LogP contribution in [-0.4, -0.2) is 30.4 Å². The smallest absolute Gasteiger partial charge is 0.237 e. The number of benzene rings is 1. The molecule has 1 aromatic carbocycles. The number of likely N-dealkylation sites (N-methyl/N-ethyl adjacent to an activating group) is 1. The number of likely N-dealkylation sites (tertiary alicyclic amines) is 1. The van der Waals surface area contributed by atoms with Crippen LogP contribution < -0.4 is 5.32 Å². The van der Waals surface area contributed by atoms with Gasteiger partial charge in [-0.1, -0.05) is 36.2 Å². The normalized spacial score (nSPS) is 20.7. The van der Waals surface area contributed by atoms with E-state index in [1.165, 1.54) is 6.42 Å². The Morgan fingerprint density at radius 1 is 1.44 bits per heavy atom. The molecule has 1 atom stereocenters. The predicted molar refractivity (Wildman–Crippen MR) is 73.6 cm³/mol. The summed E-state index contributed by atoms with van der Waals surface area (Å²) in [6, 6.07) is 7.62. The standard InChI is InChI=1S/C14H19ClN2O/c1-17-9-5-4-8-13(17)14(18)16-10-11-6-2-3-7-12(11)15/h2-3,6-7,13H,4-5,8-10H2,1H3,(H,16,18). The highest BCUT2D eigenvalue weighted by molar-refractivity contribution is 6.31. The highest BCUT2D eigenvalue weighted by Gasteiger charge is 2.25. The fraction of sp³-hybridized carbons (Fsp3) is 0.500. The highest BCUT2D eigenvalue weighted by Crippen LogP contribution is 2.17. The number of hydrogen-bond donors (Lipinski definition) is 1. The van der Waals surface area contributed by atoms with Crippen molar-refractivity contribution in [2.75, 3.05) is 13.6 Å². The zero-order valence-electron chi connectivity index (χ0n) is 10.7. The van der Waals surface area contributed by atoms with Crippen molar-refractivity contribution in [3.05, 3.63) is 34.9 Å². The van der Waals surface area contributed by atoms with E-state index in [1.54, 1.807) is 0 Å². The number of nitrogens with one attached hydrogen (secondary N) is 1. The van der Waals surface area contributed by atoms with Crippen LogP contribution in [0.3, 0.4) is 0 Å². The Balaban J connectivity index is 1.90. The topological polar surface area (TPSA) is 32.3 Å². The van der Waals surface area contributed by atoms with Crippen molar-refractivity contribution in [3.63, 3.8) is 0 Å². The second-order valence-electron chi connectivity index (χ2n) is 4.80. The lowest BCUT2D eigenvalue weighted by molar-refractivity contribution is -0.127. The molecule has 0 spiro atoms. The Morgan fingerprint density at radius 3 is 2.94 bits per heavy atom. The van der Waals surface area contributed by atoms with Gasteiger partial charge in [0.1, 0.15) is 0 Å². The van der Waals surface area contributed by atoms with Crippen LogP contribution in [-0.2, 0) is 11.3 Å². The molecule has 1 unspecified atom stereocenters. The summed E-state index contributed by atoms with van der Waals surface area (Å²) in [7, 11) is 2.01. The summed E-state index contributed by atoms with van der Waals surface area (Å²) < 4.78 is 0. The second kappa shape index (κ2) is 6.21. The molecule has 3 nitrogen and oxygen atoms in total. The minimum atomic E-state index is 0.0150. The molecule has 1 amide bonds. The summed E-state index contributed by atoms with van der Waals surface area (Å²) in [4.78, 5) is 14.2. The first-order valence-electron chi connectivity index (χ1n) is 6.40. The molecule has 0 bridgehead atoms. The first kappa shape index (κ1) is 13.4. The van der Waals surface area contributed by atoms with Crippen LogP contribution in [0, 0.1) is 0 Å². The van der Waals surface area contributed by atoms with Crippen molar-refractivity contribution >= 4 is 17.5 Å². The van der Waals surface area contributed by atoms with Crippen molar-refractivity contribution in [3.8, 4) is 0 Å². The van der Waals surface area contributed by atoms with Gasteiger partial charge in [-0.2, -0.15) is 0 Å². The lowest BCUT2D eigenvalue weighted by Crippen LogP contribution is -2.47. The van der Waals surface area contributed by atoms with Gasteiger partial charge < -0.3 is 5.32 Å². The molecule has 4 heteroatoms. The Bertz CT molecular complexity index is 422. The maximum atomic E-state index is 12.1. The maximum absolute atomic E-state index is 12.1. The van der Waals surface area contributed by atoms with Crippen molar-refractivity contribution in [2.24, 2.45) is 0 Å². The maximum Gasteiger partial charge on any atom is 0.237 e. The largest absolute Gasteiger partial charge is 0.351 e. The lowest BCUT2D eigenvalue weighted by atomic mass is 10.0. The van der Waals surface area contributed by atoms with Crippen LogP contribution in [0.1, 0.15) is 24.8 Å². The molecule has 98 valence electrons. The van der Waals surface area contributed by atoms with Gasteiger partial charge in [0.15, 0.2) is 0 Å². The van der Waals surface area contributed by atoms with Crippen molar-refractivity contribution in [1.29, 1.82) is 0 Å². The van der Waals surface area contributed by atoms with E-state index in [0.29, 0.717) is 11.6 Å². The lowest BCUT2D eigenvalue weighted by Gasteiger charge is -2.31. The van der Waals surface area contributed by atoms with Crippen LogP contribution >= 0.6 is 11.6 Å². The molecule has 1 saturated heterocycles. The van der Waals surface area contributed by atoms with E-state index in [1.807, 2.05) is 31.3 Å². The molecule has 2 rings (SSSR count). The first-order valence-corrected chi connectivity index (χ1v) is 6.77. The van der Waals surface area contributed by atoms with E-state index in [2.05, 4.69) is 10.2 Å². The third-order valence-electron chi connectivity index (χ3n) is 3.48. The van der Waals surface area contributed by atoms with Gasteiger partial charge in [0, 0.05) is 11.6 Å². The fourth-order valence-electron chi connectivity index (χ4n) is 2.35. The van der Waals surface area contributed by atoms with E-state index >= 15 is 0 Å². The molecule has 0 saturated carbocycles. The fourth-order valence-corrected chi connectivity index (χ4v) is 2.55. The summed E-state index contributed by atoms with van der Waals surface area (Å²) >= 11 is 6.06. The molecule has 0 aliphatic carbocycles. The molecule has 0 radical (unpaired) electrons. The van der Waals surface area contributed by atoms with Crippen LogP contribution in [0.5, 0.6) is 0 Å². The van der Waals surface area contributed by atoms with Crippen LogP contribution in [0.4, 0.5) is 0 Å². The Hall–Kier alpha value is -1.06. The number of hydrogen-bond acceptors (Lipinski definition) is 2. The molecule has 18 heavy (non-hydrogen) atoms. The monoisotopic (exact) mass is 266 g/mol. The Kier molecular flexibility index (Phi) is 4.61. The molecule has 1 fully saturated rings. The number of halogens is 1. The quantitative estimate of drug-likeness (QED) is 0.911. The molecule has 0 aromatic heterocycles. The number of carbonyl (C=O) groups is 1. The van der Waals surface area contributed by atoms with E-state index < -0.39 is 0 Å². The van der Waals surface area contributed by atoms with E-state index in [-0.39, 0.29) is 11.9 Å². The van der Waals surface area contributed by atoms with E-state index in [4.69, 9.17) is 11.6 Å². The minimum absolute atomic E-state index is 0.0150. The van der Waals surface area contributed by atoms with Gasteiger partial charge in [-0.15, -0.1) is 0 Å². The third kappa shape index (κ3) is 3.24. The van der Waals surface area contributed by atoms with Gasteiger partial charge in [-0.05, 0) is 38.1 Å². The van der Waals surface area contributed by atoms with Gasteiger partial charge >= 0.3 is 0 Å². The summed E-state index contributed by atoms with van der Waals surface area (Å²) in [5.41, 5.74) is 0.964. The van der Waals surface area contributed by atoms with Crippen LogP contribution in [0.2, 0.25) is 5.02 Å². The van der Waals surface area contributed by atoms with Gasteiger partial charge in [0.05, 0.1) is 6.04 Å². The molecule has 1 aliphatic heterocycles. The SMILES string of the molecule is CN1CCCCC1C(=O)NCc1ccccc1Cl. The van der Waals surface area contributed by atoms with Crippen molar-refractivity contribution in [2.45, 2.75) is 31.8 Å². The van der Waals surface area contributed by atoms with Gasteiger partial charge in [-0.25, -0.2) is 0 Å². The molecular formula is C14H19ClN2O. The zero-order valence-corrected chi connectivity index (χ0v) is 11.4. The summed E-state index contributed by atoms with van der Waals surface area (Å²) in [5, 5.41) is 3.68. The summed E-state index contributed by atoms with van der Waals surface area (Å²) in [6.45, 7) is 1.51. The third-order valence-corrected chi connectivity index (χ3v) is 3.85. The highest BCUT2D eigenvalue weighted by atomic mass is 35.5. The first-order chi connectivity index (χ1) is 8.68. The molecule has 1 heterocycles. The molecule has 1 aromatic rings. The molecule has 1 aliphatic rings. The minimum Gasteiger partial charge on any atom is -0.351 e. The van der Waals surface area contributed by atoms with Crippen molar-refractivity contribution in [1.82, 2.24) is 10.2 Å². The molecule has 1 N–H and O–H groups in total.